The van der Waals surface area contributed by atoms with E-state index in [0.29, 0.717) is 31.1 Å². The molecule has 1 aromatic heterocycles. The van der Waals surface area contributed by atoms with Gasteiger partial charge in [-0.2, -0.15) is 0 Å². The van der Waals surface area contributed by atoms with Crippen molar-refractivity contribution in [3.8, 4) is 17.2 Å². The standard InChI is InChI=1S/C17H18N2O4S/c20-13-9-15-14(22-11-23-15)8-12(13)10-18-3-5-19(6-4-18)17(21)16-2-1-7-24-16/h1-2,7-9,20H,3-6,10-11H2. The van der Waals surface area contributed by atoms with E-state index in [1.807, 2.05) is 28.5 Å². The van der Waals surface area contributed by atoms with E-state index in [2.05, 4.69) is 4.90 Å². The Bertz CT molecular complexity index is 739. The van der Waals surface area contributed by atoms with E-state index < -0.39 is 0 Å². The monoisotopic (exact) mass is 346 g/mol. The second kappa shape index (κ2) is 6.33. The summed E-state index contributed by atoms with van der Waals surface area (Å²) in [5, 5.41) is 12.1. The summed E-state index contributed by atoms with van der Waals surface area (Å²) in [4.78, 5) is 17.3. The van der Waals surface area contributed by atoms with E-state index in [1.54, 1.807) is 6.07 Å². The molecule has 2 aromatic rings. The van der Waals surface area contributed by atoms with E-state index in [9.17, 15) is 9.90 Å². The van der Waals surface area contributed by atoms with Gasteiger partial charge in [0.1, 0.15) is 5.75 Å². The number of carbonyl (C=O) groups excluding carboxylic acids is 1. The average molecular weight is 346 g/mol. The Morgan fingerprint density at radius 2 is 1.92 bits per heavy atom. The Balaban J connectivity index is 1.38. The zero-order valence-electron chi connectivity index (χ0n) is 13.1. The van der Waals surface area contributed by atoms with Crippen LogP contribution in [0.4, 0.5) is 0 Å². The Morgan fingerprint density at radius 3 is 2.62 bits per heavy atom. The van der Waals surface area contributed by atoms with Crippen LogP contribution in [0.2, 0.25) is 0 Å². The lowest BCUT2D eigenvalue weighted by Crippen LogP contribution is -2.48. The summed E-state index contributed by atoms with van der Waals surface area (Å²) in [7, 11) is 0. The normalized spacial score (nSPS) is 17.2. The molecule has 2 aliphatic rings. The van der Waals surface area contributed by atoms with Crippen LogP contribution in [0.1, 0.15) is 15.2 Å². The Morgan fingerprint density at radius 1 is 1.17 bits per heavy atom. The van der Waals surface area contributed by atoms with Gasteiger partial charge in [0.2, 0.25) is 6.79 Å². The number of aromatic hydroxyl groups is 1. The summed E-state index contributed by atoms with van der Waals surface area (Å²) >= 11 is 1.48. The van der Waals surface area contributed by atoms with Crippen molar-refractivity contribution in [3.05, 3.63) is 40.1 Å². The van der Waals surface area contributed by atoms with Crippen molar-refractivity contribution in [2.24, 2.45) is 0 Å². The number of fused-ring (bicyclic) bond motifs is 1. The fourth-order valence-corrected chi connectivity index (χ4v) is 3.70. The van der Waals surface area contributed by atoms with Crippen molar-refractivity contribution < 1.29 is 19.4 Å². The number of nitrogens with zero attached hydrogens (tertiary/aromatic N) is 2. The minimum atomic E-state index is 0.107. The quantitative estimate of drug-likeness (QED) is 0.923. The van der Waals surface area contributed by atoms with Gasteiger partial charge in [0.25, 0.3) is 5.91 Å². The Kier molecular flexibility index (Phi) is 4.03. The molecule has 3 heterocycles. The topological polar surface area (TPSA) is 62.2 Å². The molecule has 1 saturated heterocycles. The molecule has 0 bridgehead atoms. The van der Waals surface area contributed by atoms with E-state index in [4.69, 9.17) is 9.47 Å². The van der Waals surface area contributed by atoms with Crippen LogP contribution in [0.25, 0.3) is 0 Å². The number of phenols is 1. The lowest BCUT2D eigenvalue weighted by molar-refractivity contribution is 0.0632. The van der Waals surface area contributed by atoms with Crippen LogP contribution in [0.15, 0.2) is 29.6 Å². The molecule has 6 nitrogen and oxygen atoms in total. The number of piperazine rings is 1. The predicted molar refractivity (Wildman–Crippen MR) is 89.7 cm³/mol. The minimum Gasteiger partial charge on any atom is -0.507 e. The third-order valence-corrected chi connectivity index (χ3v) is 5.22. The van der Waals surface area contributed by atoms with Gasteiger partial charge < -0.3 is 19.5 Å². The van der Waals surface area contributed by atoms with Gasteiger partial charge in [0.15, 0.2) is 11.5 Å². The molecule has 0 saturated carbocycles. The van der Waals surface area contributed by atoms with Gasteiger partial charge >= 0.3 is 0 Å². The van der Waals surface area contributed by atoms with Crippen LogP contribution < -0.4 is 9.47 Å². The zero-order chi connectivity index (χ0) is 16.5. The van der Waals surface area contributed by atoms with Crippen LogP contribution in [0.5, 0.6) is 17.2 Å². The summed E-state index contributed by atoms with van der Waals surface area (Å²) in [6.45, 7) is 3.78. The largest absolute Gasteiger partial charge is 0.507 e. The summed E-state index contributed by atoms with van der Waals surface area (Å²) in [6.07, 6.45) is 0. The smallest absolute Gasteiger partial charge is 0.264 e. The number of ether oxygens (including phenoxy) is 2. The van der Waals surface area contributed by atoms with Crippen molar-refractivity contribution in [2.75, 3.05) is 33.0 Å². The first-order valence-corrected chi connectivity index (χ1v) is 8.75. The summed E-state index contributed by atoms with van der Waals surface area (Å²) in [5.41, 5.74) is 0.817. The Labute approximate surface area is 143 Å². The highest BCUT2D eigenvalue weighted by atomic mass is 32.1. The first-order chi connectivity index (χ1) is 11.7. The van der Waals surface area contributed by atoms with Gasteiger partial charge in [-0.15, -0.1) is 11.3 Å². The van der Waals surface area contributed by atoms with Crippen molar-refractivity contribution in [2.45, 2.75) is 6.54 Å². The third-order valence-electron chi connectivity index (χ3n) is 4.36. The molecule has 2 aliphatic heterocycles. The summed E-state index contributed by atoms with van der Waals surface area (Å²) in [5.74, 6) is 1.59. The molecule has 1 aromatic carbocycles. The highest BCUT2D eigenvalue weighted by Crippen LogP contribution is 2.38. The predicted octanol–water partition coefficient (Wildman–Crippen LogP) is 2.14. The van der Waals surface area contributed by atoms with E-state index in [1.165, 1.54) is 11.3 Å². The van der Waals surface area contributed by atoms with Crippen LogP contribution in [-0.4, -0.2) is 53.8 Å². The number of phenolic OH excluding ortho intramolecular Hbond substituents is 1. The minimum absolute atomic E-state index is 0.107. The van der Waals surface area contributed by atoms with Gasteiger partial charge in [0.05, 0.1) is 4.88 Å². The van der Waals surface area contributed by atoms with Gasteiger partial charge in [0, 0.05) is 44.4 Å². The molecule has 0 radical (unpaired) electrons. The highest BCUT2D eigenvalue weighted by Gasteiger charge is 2.24. The first-order valence-electron chi connectivity index (χ1n) is 7.87. The molecule has 24 heavy (non-hydrogen) atoms. The molecular formula is C17H18N2O4S. The maximum Gasteiger partial charge on any atom is 0.264 e. The number of rotatable bonds is 3. The average Bonchev–Trinajstić information content (AvgIpc) is 3.26. The fraction of sp³-hybridized carbons (Fsp3) is 0.353. The Hall–Kier alpha value is -2.25. The molecule has 1 fully saturated rings. The van der Waals surface area contributed by atoms with Crippen LogP contribution in [0.3, 0.4) is 0 Å². The van der Waals surface area contributed by atoms with E-state index in [-0.39, 0.29) is 18.4 Å². The summed E-state index contributed by atoms with van der Waals surface area (Å²) < 4.78 is 10.6. The highest BCUT2D eigenvalue weighted by molar-refractivity contribution is 7.12. The van der Waals surface area contributed by atoms with E-state index in [0.717, 1.165) is 23.5 Å². The van der Waals surface area contributed by atoms with Crippen molar-refractivity contribution in [3.63, 3.8) is 0 Å². The lowest BCUT2D eigenvalue weighted by atomic mass is 10.1. The number of amides is 1. The number of benzene rings is 1. The molecule has 0 aliphatic carbocycles. The van der Waals surface area contributed by atoms with Crippen molar-refractivity contribution >= 4 is 17.2 Å². The molecule has 126 valence electrons. The zero-order valence-corrected chi connectivity index (χ0v) is 13.9. The maximum atomic E-state index is 12.4. The molecular weight excluding hydrogens is 328 g/mol. The van der Waals surface area contributed by atoms with Gasteiger partial charge in [-0.1, -0.05) is 6.07 Å². The SMILES string of the molecule is O=C(c1cccs1)N1CCN(Cc2cc3c(cc2O)OCO3)CC1. The van der Waals surface area contributed by atoms with Crippen LogP contribution in [0, 0.1) is 0 Å². The fourth-order valence-electron chi connectivity index (χ4n) is 3.01. The van der Waals surface area contributed by atoms with Gasteiger partial charge in [-0.05, 0) is 17.5 Å². The number of carbonyl (C=O) groups is 1. The number of hydrogen-bond donors (Lipinski definition) is 1. The van der Waals surface area contributed by atoms with Gasteiger partial charge in [-0.25, -0.2) is 0 Å². The van der Waals surface area contributed by atoms with Crippen molar-refractivity contribution in [1.29, 1.82) is 0 Å². The lowest BCUT2D eigenvalue weighted by Gasteiger charge is -2.34. The maximum absolute atomic E-state index is 12.4. The molecule has 0 spiro atoms. The molecule has 0 atom stereocenters. The molecule has 1 amide bonds. The third kappa shape index (κ3) is 2.92. The van der Waals surface area contributed by atoms with Crippen LogP contribution >= 0.6 is 11.3 Å². The molecule has 7 heteroatoms. The second-order valence-electron chi connectivity index (χ2n) is 5.88. The van der Waals surface area contributed by atoms with Crippen molar-refractivity contribution in [1.82, 2.24) is 9.80 Å². The summed E-state index contributed by atoms with van der Waals surface area (Å²) in [6, 6.07) is 7.20. The number of hydrogen-bond acceptors (Lipinski definition) is 6. The van der Waals surface area contributed by atoms with Gasteiger partial charge in [-0.3, -0.25) is 9.69 Å². The molecule has 1 N–H and O–H groups in total. The van der Waals surface area contributed by atoms with E-state index >= 15 is 0 Å². The van der Waals surface area contributed by atoms with Crippen LogP contribution in [-0.2, 0) is 6.54 Å². The second-order valence-corrected chi connectivity index (χ2v) is 6.83. The number of thiophene rings is 1. The molecule has 4 rings (SSSR count). The first kappa shape index (κ1) is 15.3. The molecule has 0 unspecified atom stereocenters.